The molecule has 0 bridgehead atoms. The minimum absolute atomic E-state index is 0.178. The molecule has 1 aromatic heterocycles. The van der Waals surface area contributed by atoms with Crippen LogP contribution in [0.2, 0.25) is 0 Å². The molecule has 7 nitrogen and oxygen atoms in total. The van der Waals surface area contributed by atoms with Crippen molar-refractivity contribution < 1.29 is 13.2 Å². The number of nitrogens with zero attached hydrogens (tertiary/aromatic N) is 4. The molecule has 0 unspecified atom stereocenters. The molecule has 3 rings (SSSR count). The number of ketones is 1. The van der Waals surface area contributed by atoms with Crippen LogP contribution in [0.25, 0.3) is 0 Å². The van der Waals surface area contributed by atoms with Crippen molar-refractivity contribution >= 4 is 21.4 Å². The van der Waals surface area contributed by atoms with Gasteiger partial charge in [-0.25, -0.2) is 8.42 Å². The number of Topliss-reactive ketones (excluding diaryl/α,β-unsaturated/α-hetero) is 1. The van der Waals surface area contributed by atoms with Crippen LogP contribution in [0.5, 0.6) is 0 Å². The molecule has 0 radical (unpaired) electrons. The lowest BCUT2D eigenvalue weighted by Gasteiger charge is -2.28. The van der Waals surface area contributed by atoms with E-state index in [-0.39, 0.29) is 17.3 Å². The zero-order valence-corrected chi connectivity index (χ0v) is 14.4. The summed E-state index contributed by atoms with van der Waals surface area (Å²) in [7, 11) is -0.936. The minimum Gasteiger partial charge on any atom is -0.356 e. The zero-order valence-electron chi connectivity index (χ0n) is 13.6. The van der Waals surface area contributed by atoms with Crippen LogP contribution >= 0.6 is 0 Å². The number of carbonyl (C=O) groups excluding carboxylic acids is 1. The van der Waals surface area contributed by atoms with Crippen LogP contribution in [-0.4, -0.2) is 73.1 Å². The van der Waals surface area contributed by atoms with Crippen LogP contribution in [0.3, 0.4) is 0 Å². The summed E-state index contributed by atoms with van der Waals surface area (Å²) >= 11 is 0. The van der Waals surface area contributed by atoms with Crippen LogP contribution in [-0.2, 0) is 16.9 Å². The fourth-order valence-corrected chi connectivity index (χ4v) is 4.63. The van der Waals surface area contributed by atoms with Gasteiger partial charge in [0, 0.05) is 39.6 Å². The lowest BCUT2D eigenvalue weighted by molar-refractivity contribution is 0.0983. The molecule has 3 heterocycles. The van der Waals surface area contributed by atoms with Crippen molar-refractivity contribution in [2.24, 2.45) is 7.05 Å². The molecule has 2 aliphatic rings. The van der Waals surface area contributed by atoms with Gasteiger partial charge in [0.15, 0.2) is 15.6 Å². The molecular formula is C15H24N4O3S. The average Bonchev–Trinajstić information content (AvgIpc) is 2.81. The van der Waals surface area contributed by atoms with E-state index in [2.05, 4.69) is 14.9 Å². The van der Waals surface area contributed by atoms with Gasteiger partial charge in [-0.3, -0.25) is 9.48 Å². The summed E-state index contributed by atoms with van der Waals surface area (Å²) in [6, 6.07) is 0. The number of rotatable bonds is 4. The molecule has 2 aliphatic heterocycles. The number of sulfone groups is 1. The summed E-state index contributed by atoms with van der Waals surface area (Å²) in [5.74, 6) is 1.65. The molecular weight excluding hydrogens is 316 g/mol. The van der Waals surface area contributed by atoms with E-state index in [4.69, 9.17) is 0 Å². The summed E-state index contributed by atoms with van der Waals surface area (Å²) in [6.45, 7) is 3.90. The van der Waals surface area contributed by atoms with Crippen LogP contribution in [0.1, 0.15) is 29.6 Å². The number of hydrogen-bond acceptors (Lipinski definition) is 6. The van der Waals surface area contributed by atoms with Gasteiger partial charge >= 0.3 is 0 Å². The van der Waals surface area contributed by atoms with Gasteiger partial charge in [0.1, 0.15) is 5.82 Å². The Morgan fingerprint density at radius 3 is 2.65 bits per heavy atom. The largest absolute Gasteiger partial charge is 0.356 e. The molecule has 0 amide bonds. The van der Waals surface area contributed by atoms with Gasteiger partial charge in [-0.15, -0.1) is 0 Å². The van der Waals surface area contributed by atoms with Crippen LogP contribution < -0.4 is 4.90 Å². The smallest absolute Gasteiger partial charge is 0.168 e. The summed E-state index contributed by atoms with van der Waals surface area (Å²) < 4.78 is 24.7. The highest BCUT2D eigenvalue weighted by molar-refractivity contribution is 7.91. The number of hydrogen-bond donors (Lipinski definition) is 0. The van der Waals surface area contributed by atoms with Crippen molar-refractivity contribution in [3.05, 3.63) is 11.8 Å². The monoisotopic (exact) mass is 340 g/mol. The second kappa shape index (κ2) is 6.60. The summed E-state index contributed by atoms with van der Waals surface area (Å²) in [4.78, 5) is 16.6. The first-order valence-corrected chi connectivity index (χ1v) is 10.0. The maximum Gasteiger partial charge on any atom is 0.168 e. The second-order valence-corrected chi connectivity index (χ2v) is 8.67. The number of anilines is 1. The molecule has 0 spiro atoms. The Balaban J connectivity index is 1.57. The maximum atomic E-state index is 12.1. The molecule has 1 aromatic rings. The molecule has 23 heavy (non-hydrogen) atoms. The third-order valence-electron chi connectivity index (χ3n) is 4.68. The summed E-state index contributed by atoms with van der Waals surface area (Å²) in [6.07, 6.45) is 4.08. The molecule has 1 fully saturated rings. The van der Waals surface area contributed by atoms with E-state index in [1.165, 1.54) is 0 Å². The Hall–Kier alpha value is -1.41. The number of carbonyl (C=O) groups is 1. The van der Waals surface area contributed by atoms with Gasteiger partial charge in [0.25, 0.3) is 0 Å². The highest BCUT2D eigenvalue weighted by Crippen LogP contribution is 2.25. The molecule has 0 atom stereocenters. The third-order valence-corrected chi connectivity index (χ3v) is 6.29. The van der Waals surface area contributed by atoms with Crippen molar-refractivity contribution in [1.29, 1.82) is 0 Å². The number of aryl methyl sites for hydroxylation is 1. The van der Waals surface area contributed by atoms with E-state index in [0.717, 1.165) is 43.9 Å². The van der Waals surface area contributed by atoms with Crippen LogP contribution in [0.15, 0.2) is 6.20 Å². The Labute approximate surface area is 137 Å². The quantitative estimate of drug-likeness (QED) is 0.786. The SMILES string of the molecule is Cn1ncc2c1N(CCCN1CCS(=O)(=O)CC1)CCCC2=O. The number of fused-ring (bicyclic) bond motifs is 1. The van der Waals surface area contributed by atoms with Gasteiger partial charge < -0.3 is 9.80 Å². The predicted molar refractivity (Wildman–Crippen MR) is 88.7 cm³/mol. The Morgan fingerprint density at radius 1 is 1.17 bits per heavy atom. The average molecular weight is 340 g/mol. The van der Waals surface area contributed by atoms with E-state index >= 15 is 0 Å². The van der Waals surface area contributed by atoms with E-state index < -0.39 is 9.84 Å². The second-order valence-electron chi connectivity index (χ2n) is 6.37. The van der Waals surface area contributed by atoms with Gasteiger partial charge in [0.2, 0.25) is 0 Å². The van der Waals surface area contributed by atoms with Gasteiger partial charge in [0.05, 0.1) is 23.3 Å². The molecule has 8 heteroatoms. The lowest BCUT2D eigenvalue weighted by atomic mass is 10.1. The molecule has 128 valence electrons. The Morgan fingerprint density at radius 2 is 1.91 bits per heavy atom. The fraction of sp³-hybridized carbons (Fsp3) is 0.733. The first-order valence-electron chi connectivity index (χ1n) is 8.19. The van der Waals surface area contributed by atoms with Crippen molar-refractivity contribution in [3.63, 3.8) is 0 Å². The standard InChI is InChI=1S/C15H24N4O3S/c1-17-15-13(12-16-17)14(20)4-2-6-19(15)7-3-5-18-8-10-23(21,22)11-9-18/h12H,2-11H2,1H3. The van der Waals surface area contributed by atoms with Crippen molar-refractivity contribution in [2.75, 3.05) is 49.1 Å². The van der Waals surface area contributed by atoms with Gasteiger partial charge in [-0.1, -0.05) is 0 Å². The fourth-order valence-electron chi connectivity index (χ4n) is 3.35. The van der Waals surface area contributed by atoms with E-state index in [9.17, 15) is 13.2 Å². The normalized spacial score (nSPS) is 22.0. The summed E-state index contributed by atoms with van der Waals surface area (Å²) in [5, 5.41) is 4.23. The van der Waals surface area contributed by atoms with E-state index in [1.54, 1.807) is 10.9 Å². The highest BCUT2D eigenvalue weighted by atomic mass is 32.2. The predicted octanol–water partition coefficient (Wildman–Crippen LogP) is 0.324. The number of aromatic nitrogens is 2. The first-order chi connectivity index (χ1) is 11.0. The maximum absolute atomic E-state index is 12.1. The summed E-state index contributed by atoms with van der Waals surface area (Å²) in [5.41, 5.74) is 0.731. The van der Waals surface area contributed by atoms with Crippen LogP contribution in [0.4, 0.5) is 5.82 Å². The lowest BCUT2D eigenvalue weighted by Crippen LogP contribution is -2.41. The van der Waals surface area contributed by atoms with E-state index in [1.807, 2.05) is 7.05 Å². The van der Waals surface area contributed by atoms with Crippen molar-refractivity contribution in [3.8, 4) is 0 Å². The molecule has 1 saturated heterocycles. The first kappa shape index (κ1) is 16.4. The zero-order chi connectivity index (χ0) is 16.4. The molecule has 0 aliphatic carbocycles. The Bertz CT molecular complexity index is 669. The van der Waals surface area contributed by atoms with Crippen molar-refractivity contribution in [2.45, 2.75) is 19.3 Å². The molecule has 0 N–H and O–H groups in total. The minimum atomic E-state index is -2.81. The molecule has 0 saturated carbocycles. The third kappa shape index (κ3) is 3.74. The molecule has 0 aromatic carbocycles. The van der Waals surface area contributed by atoms with Crippen LogP contribution in [0, 0.1) is 0 Å². The van der Waals surface area contributed by atoms with Gasteiger partial charge in [-0.2, -0.15) is 5.10 Å². The van der Waals surface area contributed by atoms with E-state index in [0.29, 0.717) is 19.5 Å². The topological polar surface area (TPSA) is 75.5 Å². The van der Waals surface area contributed by atoms with Crippen molar-refractivity contribution in [1.82, 2.24) is 14.7 Å². The highest BCUT2D eigenvalue weighted by Gasteiger charge is 2.25. The Kier molecular flexibility index (Phi) is 4.72. The van der Waals surface area contributed by atoms with Gasteiger partial charge in [-0.05, 0) is 19.4 Å².